The standard InChI is InChI=1S/C41H48N4O3S/c1-8-34(48-35-25-24-28(40(4,5)9-2)26-33(35)41(6,7)10-3)38(46)43-30-19-17-18-29(27-30)42-37-36(49-32-22-15-12-16-23-32)39(47)45(44-37)31-20-13-11-14-21-31/h11-27,34,36H,8-10H2,1-7H3,(H,42,44)(H,43,46)/t34-,36-/m1/s1. The van der Waals surface area contributed by atoms with Crippen molar-refractivity contribution in [2.45, 2.75) is 94.8 Å². The largest absolute Gasteiger partial charge is 0.480 e. The van der Waals surface area contributed by atoms with E-state index >= 15 is 0 Å². The summed E-state index contributed by atoms with van der Waals surface area (Å²) in [5.74, 6) is 0.920. The first-order valence-electron chi connectivity index (χ1n) is 17.1. The zero-order valence-electron chi connectivity index (χ0n) is 29.6. The Labute approximate surface area is 295 Å². The van der Waals surface area contributed by atoms with E-state index in [0.29, 0.717) is 23.6 Å². The van der Waals surface area contributed by atoms with Crippen LogP contribution in [0.25, 0.3) is 0 Å². The molecule has 4 aromatic carbocycles. The molecule has 2 amide bonds. The number of ether oxygens (including phenoxy) is 1. The minimum atomic E-state index is -0.688. The maximum atomic E-state index is 13.7. The van der Waals surface area contributed by atoms with Crippen molar-refractivity contribution in [3.8, 4) is 5.75 Å². The van der Waals surface area contributed by atoms with Gasteiger partial charge in [0.15, 0.2) is 6.10 Å². The van der Waals surface area contributed by atoms with E-state index in [-0.39, 0.29) is 22.6 Å². The normalized spacial score (nSPS) is 16.4. The lowest BCUT2D eigenvalue weighted by Crippen LogP contribution is -2.35. The monoisotopic (exact) mass is 676 g/mol. The van der Waals surface area contributed by atoms with E-state index < -0.39 is 11.4 Å². The third kappa shape index (κ3) is 8.36. The van der Waals surface area contributed by atoms with Gasteiger partial charge in [0.25, 0.3) is 11.8 Å². The Hall–Kier alpha value is -4.56. The number of hydrazine groups is 1. The SMILES string of the molecule is CC[C@@H](Oc1ccc(C(C)(C)CC)cc1C(C)(C)CC)C(=O)Nc1cccc(N=C2NN(c3ccccc3)C(=O)[C@@H]2Sc2ccccc2)c1. The van der Waals surface area contributed by atoms with Crippen molar-refractivity contribution in [2.75, 3.05) is 10.3 Å². The molecule has 1 fully saturated rings. The fourth-order valence-corrected chi connectivity index (χ4v) is 6.53. The van der Waals surface area contributed by atoms with Crippen molar-refractivity contribution >= 4 is 46.5 Å². The van der Waals surface area contributed by atoms with Gasteiger partial charge in [-0.3, -0.25) is 15.0 Å². The minimum Gasteiger partial charge on any atom is -0.480 e. The van der Waals surface area contributed by atoms with Crippen LogP contribution in [0.2, 0.25) is 0 Å². The van der Waals surface area contributed by atoms with Crippen LogP contribution < -0.4 is 20.5 Å². The summed E-state index contributed by atoms with van der Waals surface area (Å²) in [6.07, 6.45) is 1.77. The topological polar surface area (TPSA) is 83.0 Å². The van der Waals surface area contributed by atoms with E-state index in [1.165, 1.54) is 22.3 Å². The Balaban J connectivity index is 1.38. The van der Waals surface area contributed by atoms with E-state index in [9.17, 15) is 9.59 Å². The van der Waals surface area contributed by atoms with Crippen LogP contribution in [0.15, 0.2) is 113 Å². The summed E-state index contributed by atoms with van der Waals surface area (Å²) in [7, 11) is 0. The molecule has 2 atom stereocenters. The zero-order valence-corrected chi connectivity index (χ0v) is 30.4. The quantitative estimate of drug-likeness (QED) is 0.147. The molecule has 1 saturated heterocycles. The molecule has 1 aliphatic rings. The van der Waals surface area contributed by atoms with Gasteiger partial charge < -0.3 is 10.1 Å². The van der Waals surface area contributed by atoms with Crippen molar-refractivity contribution in [1.29, 1.82) is 0 Å². The van der Waals surface area contributed by atoms with Gasteiger partial charge in [0, 0.05) is 16.1 Å². The number of nitrogens with one attached hydrogen (secondary N) is 2. The lowest BCUT2D eigenvalue weighted by atomic mass is 9.76. The smallest absolute Gasteiger partial charge is 0.266 e. The Morgan fingerprint density at radius 2 is 1.55 bits per heavy atom. The van der Waals surface area contributed by atoms with Crippen LogP contribution in [-0.2, 0) is 20.4 Å². The van der Waals surface area contributed by atoms with Gasteiger partial charge in [0.05, 0.1) is 11.4 Å². The van der Waals surface area contributed by atoms with Crippen LogP contribution in [0.3, 0.4) is 0 Å². The molecule has 7 nitrogen and oxygen atoms in total. The van der Waals surface area contributed by atoms with Gasteiger partial charge in [0.2, 0.25) is 0 Å². The number of hydrogen-bond donors (Lipinski definition) is 2. The molecular weight excluding hydrogens is 629 g/mol. The van der Waals surface area contributed by atoms with Gasteiger partial charge >= 0.3 is 0 Å². The molecule has 4 aromatic rings. The molecule has 0 bridgehead atoms. The third-order valence-electron chi connectivity index (χ3n) is 9.48. The van der Waals surface area contributed by atoms with Gasteiger partial charge in [-0.05, 0) is 84.2 Å². The van der Waals surface area contributed by atoms with Gasteiger partial charge in [-0.15, -0.1) is 11.8 Å². The maximum absolute atomic E-state index is 13.7. The summed E-state index contributed by atoms with van der Waals surface area (Å²) >= 11 is 1.44. The number of anilines is 2. The number of thioether (sulfide) groups is 1. The summed E-state index contributed by atoms with van der Waals surface area (Å²) in [5.41, 5.74) is 7.47. The molecule has 1 heterocycles. The van der Waals surface area contributed by atoms with Gasteiger partial charge in [-0.1, -0.05) is 103 Å². The molecule has 49 heavy (non-hydrogen) atoms. The molecule has 2 N–H and O–H groups in total. The van der Waals surface area contributed by atoms with Crippen molar-refractivity contribution in [3.63, 3.8) is 0 Å². The molecule has 0 spiro atoms. The molecule has 5 rings (SSSR count). The Morgan fingerprint density at radius 3 is 2.20 bits per heavy atom. The minimum absolute atomic E-state index is 0.0361. The summed E-state index contributed by atoms with van der Waals surface area (Å²) in [6, 6.07) is 33.1. The number of amides is 2. The lowest BCUT2D eigenvalue weighted by molar-refractivity contribution is -0.123. The van der Waals surface area contributed by atoms with Gasteiger partial charge in [-0.2, -0.15) is 0 Å². The van der Waals surface area contributed by atoms with Gasteiger partial charge in [0.1, 0.15) is 16.8 Å². The molecule has 256 valence electrons. The fraction of sp³-hybridized carbons (Fsp3) is 0.341. The predicted molar refractivity (Wildman–Crippen MR) is 203 cm³/mol. The van der Waals surface area contributed by atoms with E-state index in [4.69, 9.17) is 9.73 Å². The van der Waals surface area contributed by atoms with Crippen LogP contribution in [0.1, 0.15) is 78.9 Å². The first-order valence-corrected chi connectivity index (χ1v) is 18.0. The molecule has 8 heteroatoms. The highest BCUT2D eigenvalue weighted by Gasteiger charge is 2.39. The molecule has 0 saturated carbocycles. The second-order valence-corrected chi connectivity index (χ2v) is 14.8. The number of carbonyl (C=O) groups is 2. The fourth-order valence-electron chi connectivity index (χ4n) is 5.52. The maximum Gasteiger partial charge on any atom is 0.266 e. The number of rotatable bonds is 13. The zero-order chi connectivity index (χ0) is 35.2. The highest BCUT2D eigenvalue weighted by atomic mass is 32.2. The summed E-state index contributed by atoms with van der Waals surface area (Å²) in [6.45, 7) is 15.3. The number of nitrogens with zero attached hydrogens (tertiary/aromatic N) is 2. The van der Waals surface area contributed by atoms with Crippen LogP contribution >= 0.6 is 11.8 Å². The second kappa shape index (κ2) is 15.3. The Bertz CT molecular complexity index is 1790. The van der Waals surface area contributed by atoms with E-state index in [1.54, 1.807) is 0 Å². The predicted octanol–water partition coefficient (Wildman–Crippen LogP) is 9.60. The first kappa shape index (κ1) is 35.7. The first-order chi connectivity index (χ1) is 23.5. The average Bonchev–Trinajstić information content (AvgIpc) is 3.41. The Kier molecular flexibility index (Phi) is 11.2. The average molecular weight is 677 g/mol. The molecule has 0 radical (unpaired) electrons. The van der Waals surface area contributed by atoms with Crippen LogP contribution in [0.5, 0.6) is 5.75 Å². The lowest BCUT2D eigenvalue weighted by Gasteiger charge is -2.31. The number of benzene rings is 4. The number of amidine groups is 1. The van der Waals surface area contributed by atoms with Crippen LogP contribution in [0, 0.1) is 0 Å². The molecule has 0 aliphatic carbocycles. The molecule has 0 unspecified atom stereocenters. The van der Waals surface area contributed by atoms with Crippen molar-refractivity contribution in [2.24, 2.45) is 4.99 Å². The van der Waals surface area contributed by atoms with Crippen molar-refractivity contribution in [3.05, 3.63) is 114 Å². The van der Waals surface area contributed by atoms with E-state index in [0.717, 1.165) is 34.7 Å². The van der Waals surface area contributed by atoms with Crippen molar-refractivity contribution < 1.29 is 14.3 Å². The number of carbonyl (C=O) groups excluding carboxylic acids is 2. The van der Waals surface area contributed by atoms with Crippen molar-refractivity contribution in [1.82, 2.24) is 5.43 Å². The number of para-hydroxylation sites is 1. The number of hydrogen-bond acceptors (Lipinski definition) is 5. The van der Waals surface area contributed by atoms with Crippen LogP contribution in [-0.4, -0.2) is 29.0 Å². The summed E-state index contributed by atoms with van der Waals surface area (Å²) in [4.78, 5) is 33.2. The summed E-state index contributed by atoms with van der Waals surface area (Å²) < 4.78 is 6.50. The molecule has 1 aliphatic heterocycles. The highest BCUT2D eigenvalue weighted by Crippen LogP contribution is 2.39. The van der Waals surface area contributed by atoms with E-state index in [2.05, 4.69) is 64.4 Å². The van der Waals surface area contributed by atoms with Crippen LogP contribution in [0.4, 0.5) is 17.1 Å². The second-order valence-electron chi connectivity index (χ2n) is 13.7. The summed E-state index contributed by atoms with van der Waals surface area (Å²) in [5, 5.41) is 4.02. The molecule has 0 aromatic heterocycles. The van der Waals surface area contributed by atoms with E-state index in [1.807, 2.05) is 97.9 Å². The molecular formula is C41H48N4O3S. The number of aliphatic imine (C=N–C) groups is 1. The third-order valence-corrected chi connectivity index (χ3v) is 10.7. The van der Waals surface area contributed by atoms with Gasteiger partial charge in [-0.25, -0.2) is 10.0 Å². The highest BCUT2D eigenvalue weighted by molar-refractivity contribution is 8.01. The Morgan fingerprint density at radius 1 is 0.878 bits per heavy atom.